The van der Waals surface area contributed by atoms with Crippen LogP contribution in [-0.2, 0) is 0 Å². The third kappa shape index (κ3) is 3.35. The zero-order chi connectivity index (χ0) is 11.8. The largest absolute Gasteiger partial charge is 0.236 e. The molecular weight excluding hydrogens is 186 g/mol. The van der Waals surface area contributed by atoms with Crippen molar-refractivity contribution in [3.05, 3.63) is 29.7 Å². The lowest BCUT2D eigenvalue weighted by Crippen LogP contribution is -1.90. The maximum Gasteiger partial charge on any atom is 0.157 e. The van der Waals surface area contributed by atoms with Gasteiger partial charge in [-0.1, -0.05) is 27.7 Å². The van der Waals surface area contributed by atoms with Crippen LogP contribution in [0.15, 0.2) is 18.6 Å². The van der Waals surface area contributed by atoms with Crippen molar-refractivity contribution in [1.29, 1.82) is 0 Å². The van der Waals surface area contributed by atoms with Gasteiger partial charge in [-0.15, -0.1) is 0 Å². The van der Waals surface area contributed by atoms with E-state index in [2.05, 4.69) is 10.1 Å². The van der Waals surface area contributed by atoms with E-state index in [1.807, 2.05) is 60.1 Å². The molecule has 0 aliphatic rings. The second-order valence-corrected chi connectivity index (χ2v) is 2.73. The maximum absolute atomic E-state index is 4.24. The Morgan fingerprint density at radius 1 is 1.00 bits per heavy atom. The Hall–Kier alpha value is -1.38. The van der Waals surface area contributed by atoms with Gasteiger partial charge in [0.1, 0.15) is 0 Å². The standard InChI is InChI=1S/C8H9N3.2C2H6/c1-6-3-9-8-7(2)4-10-11(8)5-6;2*1-2/h3-5H,1-2H3;2*1-2H3. The molecule has 0 fully saturated rings. The second-order valence-electron chi connectivity index (χ2n) is 2.73. The van der Waals surface area contributed by atoms with Crippen LogP contribution in [0.4, 0.5) is 0 Å². The summed E-state index contributed by atoms with van der Waals surface area (Å²) >= 11 is 0. The number of aryl methyl sites for hydroxylation is 2. The predicted molar refractivity (Wildman–Crippen MR) is 65.2 cm³/mol. The zero-order valence-electron chi connectivity index (χ0n) is 10.6. The van der Waals surface area contributed by atoms with E-state index in [0.717, 1.165) is 16.8 Å². The van der Waals surface area contributed by atoms with E-state index in [1.54, 1.807) is 4.52 Å². The van der Waals surface area contributed by atoms with Crippen LogP contribution in [0.1, 0.15) is 38.8 Å². The molecule has 0 N–H and O–H groups in total. The van der Waals surface area contributed by atoms with E-state index in [1.165, 1.54) is 0 Å². The Bertz CT molecular complexity index is 391. The molecule has 3 heteroatoms. The minimum absolute atomic E-state index is 0.940. The molecule has 3 nitrogen and oxygen atoms in total. The summed E-state index contributed by atoms with van der Waals surface area (Å²) < 4.78 is 1.80. The summed E-state index contributed by atoms with van der Waals surface area (Å²) in [6.07, 6.45) is 5.64. The molecule has 0 aliphatic carbocycles. The Labute approximate surface area is 92.2 Å². The molecule has 0 amide bonds. The van der Waals surface area contributed by atoms with Crippen LogP contribution in [0, 0.1) is 13.8 Å². The van der Waals surface area contributed by atoms with Crippen molar-refractivity contribution in [3.8, 4) is 0 Å². The third-order valence-electron chi connectivity index (χ3n) is 1.66. The topological polar surface area (TPSA) is 30.2 Å². The van der Waals surface area contributed by atoms with Gasteiger partial charge in [-0.25, -0.2) is 9.50 Å². The lowest BCUT2D eigenvalue weighted by molar-refractivity contribution is 0.928. The molecule has 0 saturated carbocycles. The Morgan fingerprint density at radius 2 is 1.60 bits per heavy atom. The smallest absolute Gasteiger partial charge is 0.157 e. The van der Waals surface area contributed by atoms with E-state index < -0.39 is 0 Å². The van der Waals surface area contributed by atoms with E-state index in [9.17, 15) is 0 Å². The molecular formula is C12H21N3. The lowest BCUT2D eigenvalue weighted by Gasteiger charge is -1.93. The molecule has 0 bridgehead atoms. The van der Waals surface area contributed by atoms with E-state index >= 15 is 0 Å². The van der Waals surface area contributed by atoms with Crippen molar-refractivity contribution in [1.82, 2.24) is 14.6 Å². The highest BCUT2D eigenvalue weighted by molar-refractivity contribution is 5.44. The van der Waals surface area contributed by atoms with Crippen LogP contribution in [0.25, 0.3) is 5.65 Å². The summed E-state index contributed by atoms with van der Waals surface area (Å²) in [7, 11) is 0. The van der Waals surface area contributed by atoms with Crippen molar-refractivity contribution in [2.24, 2.45) is 0 Å². The highest BCUT2D eigenvalue weighted by Gasteiger charge is 1.98. The van der Waals surface area contributed by atoms with Gasteiger partial charge in [-0.2, -0.15) is 5.10 Å². The van der Waals surface area contributed by atoms with Gasteiger partial charge in [-0.3, -0.25) is 0 Å². The van der Waals surface area contributed by atoms with Crippen molar-refractivity contribution < 1.29 is 0 Å². The van der Waals surface area contributed by atoms with Crippen molar-refractivity contribution in [3.63, 3.8) is 0 Å². The molecule has 2 rings (SSSR count). The van der Waals surface area contributed by atoms with Crippen molar-refractivity contribution >= 4 is 5.65 Å². The number of rotatable bonds is 0. The highest BCUT2D eigenvalue weighted by Crippen LogP contribution is 2.05. The van der Waals surface area contributed by atoms with Gasteiger partial charge in [0.05, 0.1) is 6.20 Å². The van der Waals surface area contributed by atoms with Crippen LogP contribution in [0.5, 0.6) is 0 Å². The molecule has 15 heavy (non-hydrogen) atoms. The van der Waals surface area contributed by atoms with E-state index in [-0.39, 0.29) is 0 Å². The van der Waals surface area contributed by atoms with Gasteiger partial charge in [0, 0.05) is 18.0 Å². The van der Waals surface area contributed by atoms with Gasteiger partial charge >= 0.3 is 0 Å². The normalized spacial score (nSPS) is 8.67. The molecule has 0 unspecified atom stereocenters. The maximum atomic E-state index is 4.24. The molecule has 0 spiro atoms. The number of hydrogen-bond acceptors (Lipinski definition) is 2. The van der Waals surface area contributed by atoms with Crippen LogP contribution in [0.3, 0.4) is 0 Å². The first-order valence-corrected chi connectivity index (χ1v) is 5.54. The molecule has 2 heterocycles. The average molecular weight is 207 g/mol. The molecule has 2 aromatic rings. The first kappa shape index (κ1) is 13.6. The zero-order valence-corrected chi connectivity index (χ0v) is 10.6. The van der Waals surface area contributed by atoms with Crippen molar-refractivity contribution in [2.45, 2.75) is 41.5 Å². The summed E-state index contributed by atoms with van der Waals surface area (Å²) in [5.74, 6) is 0. The quantitative estimate of drug-likeness (QED) is 0.662. The molecule has 0 aliphatic heterocycles. The first-order chi connectivity index (χ1) is 7.27. The SMILES string of the molecule is CC.CC.Cc1cnc2c(C)cnn2c1. The van der Waals surface area contributed by atoms with E-state index in [0.29, 0.717) is 0 Å². The Balaban J connectivity index is 0.000000442. The lowest BCUT2D eigenvalue weighted by atomic mass is 10.3. The number of nitrogens with zero attached hydrogens (tertiary/aromatic N) is 3. The Morgan fingerprint density at radius 3 is 2.20 bits per heavy atom. The van der Waals surface area contributed by atoms with Gasteiger partial charge in [-0.05, 0) is 19.4 Å². The molecule has 2 aromatic heterocycles. The second kappa shape index (κ2) is 6.98. The monoisotopic (exact) mass is 207 g/mol. The molecule has 0 aromatic carbocycles. The first-order valence-electron chi connectivity index (χ1n) is 5.54. The van der Waals surface area contributed by atoms with Crippen LogP contribution < -0.4 is 0 Å². The molecule has 0 saturated heterocycles. The van der Waals surface area contributed by atoms with Gasteiger partial charge in [0.15, 0.2) is 5.65 Å². The van der Waals surface area contributed by atoms with Crippen LogP contribution >= 0.6 is 0 Å². The third-order valence-corrected chi connectivity index (χ3v) is 1.66. The number of aromatic nitrogens is 3. The van der Waals surface area contributed by atoms with Crippen LogP contribution in [0.2, 0.25) is 0 Å². The fraction of sp³-hybridized carbons (Fsp3) is 0.500. The van der Waals surface area contributed by atoms with Gasteiger partial charge in [0.2, 0.25) is 0 Å². The number of fused-ring (bicyclic) bond motifs is 1. The van der Waals surface area contributed by atoms with Gasteiger partial charge < -0.3 is 0 Å². The molecule has 84 valence electrons. The Kier molecular flexibility index (Phi) is 6.34. The van der Waals surface area contributed by atoms with Gasteiger partial charge in [0.25, 0.3) is 0 Å². The summed E-state index contributed by atoms with van der Waals surface area (Å²) in [6.45, 7) is 12.0. The molecule has 0 atom stereocenters. The average Bonchev–Trinajstić information content (AvgIpc) is 2.65. The van der Waals surface area contributed by atoms with E-state index in [4.69, 9.17) is 0 Å². The minimum Gasteiger partial charge on any atom is -0.236 e. The summed E-state index contributed by atoms with van der Waals surface area (Å²) in [5.41, 5.74) is 3.18. The minimum atomic E-state index is 0.940. The van der Waals surface area contributed by atoms with Crippen LogP contribution in [-0.4, -0.2) is 14.6 Å². The fourth-order valence-electron chi connectivity index (χ4n) is 1.09. The summed E-state index contributed by atoms with van der Waals surface area (Å²) in [4.78, 5) is 4.24. The highest BCUT2D eigenvalue weighted by atomic mass is 15.2. The number of hydrogen-bond donors (Lipinski definition) is 0. The fourth-order valence-corrected chi connectivity index (χ4v) is 1.09. The molecule has 0 radical (unpaired) electrons. The summed E-state index contributed by atoms with van der Waals surface area (Å²) in [5, 5.41) is 4.13. The summed E-state index contributed by atoms with van der Waals surface area (Å²) in [6, 6.07) is 0. The predicted octanol–water partition coefficient (Wildman–Crippen LogP) is 3.40. The van der Waals surface area contributed by atoms with Crippen molar-refractivity contribution in [2.75, 3.05) is 0 Å².